The number of nitrogens with two attached hydrogens (primary N) is 1. The predicted octanol–water partition coefficient (Wildman–Crippen LogP) is 7.16. The molecule has 214 valence electrons. The number of carbonyl (C=O) groups is 1. The van der Waals surface area contributed by atoms with Gasteiger partial charge >= 0.3 is 6.01 Å². The number of aromatic nitrogens is 5. The fourth-order valence-electron chi connectivity index (χ4n) is 4.61. The van der Waals surface area contributed by atoms with Gasteiger partial charge in [-0.05, 0) is 55.8 Å². The molecule has 6 rings (SSSR count). The second-order valence-corrected chi connectivity index (χ2v) is 11.0. The van der Waals surface area contributed by atoms with Gasteiger partial charge in [0.25, 0.3) is 5.91 Å². The summed E-state index contributed by atoms with van der Waals surface area (Å²) < 4.78 is 24.3. The Hall–Kier alpha value is -5.42. The van der Waals surface area contributed by atoms with Gasteiger partial charge in [-0.25, -0.2) is 24.3 Å². The quantitative estimate of drug-likeness (QED) is 0.189. The van der Waals surface area contributed by atoms with Gasteiger partial charge in [-0.1, -0.05) is 18.7 Å². The summed E-state index contributed by atoms with van der Waals surface area (Å²) in [6.45, 7) is 7.09. The van der Waals surface area contributed by atoms with Gasteiger partial charge in [0, 0.05) is 69.5 Å². The molecular weight excluding hydrogens is 565 g/mol. The summed E-state index contributed by atoms with van der Waals surface area (Å²) in [5.74, 6) is -0.0346. The molecule has 0 saturated heterocycles. The first-order chi connectivity index (χ1) is 20.7. The summed E-state index contributed by atoms with van der Waals surface area (Å²) in [4.78, 5) is 30.3. The van der Waals surface area contributed by atoms with E-state index in [1.807, 2.05) is 36.9 Å². The molecule has 0 unspecified atom stereocenters. The fourth-order valence-corrected chi connectivity index (χ4v) is 5.98. The summed E-state index contributed by atoms with van der Waals surface area (Å²) in [7, 11) is 1.89. The van der Waals surface area contributed by atoms with Gasteiger partial charge in [0.05, 0.1) is 16.7 Å². The van der Waals surface area contributed by atoms with Crippen LogP contribution in [0.3, 0.4) is 0 Å². The Kier molecular flexibility index (Phi) is 7.16. The molecule has 3 N–H and O–H groups in total. The summed E-state index contributed by atoms with van der Waals surface area (Å²) in [6.07, 6.45) is 6.93. The highest BCUT2D eigenvalue weighted by molar-refractivity contribution is 7.23. The average molecular weight is 592 g/mol. The van der Waals surface area contributed by atoms with Crippen molar-refractivity contribution in [1.29, 1.82) is 0 Å². The van der Waals surface area contributed by atoms with E-state index in [-0.39, 0.29) is 11.9 Å². The first kappa shape index (κ1) is 27.7. The number of aryl methyl sites for hydroxylation is 2. The predicted molar refractivity (Wildman–Crippen MR) is 167 cm³/mol. The Morgan fingerprint density at radius 3 is 2.56 bits per heavy atom. The van der Waals surface area contributed by atoms with Gasteiger partial charge in [-0.15, -0.1) is 11.3 Å². The topological polar surface area (TPSA) is 121 Å². The molecule has 0 radical (unpaired) electrons. The van der Waals surface area contributed by atoms with Crippen LogP contribution >= 0.6 is 11.3 Å². The van der Waals surface area contributed by atoms with Crippen molar-refractivity contribution in [1.82, 2.24) is 24.5 Å². The number of amides is 1. The number of fused-ring (bicyclic) bond motifs is 1. The van der Waals surface area contributed by atoms with Crippen LogP contribution in [0, 0.1) is 12.7 Å². The lowest BCUT2D eigenvalue weighted by molar-refractivity contribution is -0.112. The standard InChI is InChI=1S/C32H26FN7O2S/c1-17(2)31(41)39-20-7-10-22(24(33)13-20)28-26(19-5-8-21(9-6-19)42-32-35-12-11-18(3)38-32)27-29(43-28)23(14-36-30(27)34)25-15-40(4)16-37-25/h5-16H,1H2,2-4H3,(H2,34,36)(H,39,41). The number of thiophene rings is 1. The monoisotopic (exact) mass is 591 g/mol. The van der Waals surface area contributed by atoms with E-state index in [4.69, 9.17) is 10.5 Å². The minimum Gasteiger partial charge on any atom is -0.424 e. The zero-order valence-electron chi connectivity index (χ0n) is 23.6. The van der Waals surface area contributed by atoms with Crippen molar-refractivity contribution in [2.24, 2.45) is 7.05 Å². The van der Waals surface area contributed by atoms with Gasteiger partial charge in [0.1, 0.15) is 17.4 Å². The highest BCUT2D eigenvalue weighted by Crippen LogP contribution is 2.50. The maximum absolute atomic E-state index is 15.8. The van der Waals surface area contributed by atoms with Crippen LogP contribution in [0.2, 0.25) is 0 Å². The third-order valence-electron chi connectivity index (χ3n) is 6.71. The van der Waals surface area contributed by atoms with Gasteiger partial charge in [-0.2, -0.15) is 0 Å². The molecule has 4 heterocycles. The zero-order valence-corrected chi connectivity index (χ0v) is 24.4. The first-order valence-electron chi connectivity index (χ1n) is 13.2. The molecule has 2 aromatic carbocycles. The van der Waals surface area contributed by atoms with E-state index >= 15 is 4.39 Å². The molecule has 11 heteroatoms. The van der Waals surface area contributed by atoms with Crippen LogP contribution < -0.4 is 15.8 Å². The maximum Gasteiger partial charge on any atom is 0.322 e. The number of imidazole rings is 1. The van der Waals surface area contributed by atoms with E-state index in [1.165, 1.54) is 17.4 Å². The van der Waals surface area contributed by atoms with Crippen LogP contribution in [-0.2, 0) is 11.8 Å². The van der Waals surface area contributed by atoms with Crippen LogP contribution in [0.15, 0.2) is 85.6 Å². The highest BCUT2D eigenvalue weighted by atomic mass is 32.1. The highest BCUT2D eigenvalue weighted by Gasteiger charge is 2.24. The van der Waals surface area contributed by atoms with Crippen LogP contribution in [0.1, 0.15) is 12.6 Å². The summed E-state index contributed by atoms with van der Waals surface area (Å²) in [5.41, 5.74) is 11.3. The number of ether oxygens (including phenoxy) is 1. The number of halogens is 1. The van der Waals surface area contributed by atoms with Crippen molar-refractivity contribution in [3.8, 4) is 44.6 Å². The largest absolute Gasteiger partial charge is 0.424 e. The van der Waals surface area contributed by atoms with Crippen molar-refractivity contribution in [2.75, 3.05) is 11.1 Å². The zero-order chi connectivity index (χ0) is 30.2. The first-order valence-corrected chi connectivity index (χ1v) is 14.0. The molecule has 9 nitrogen and oxygen atoms in total. The lowest BCUT2D eigenvalue weighted by Crippen LogP contribution is -2.11. The second kappa shape index (κ2) is 11.1. The van der Waals surface area contributed by atoms with Crippen molar-refractivity contribution < 1.29 is 13.9 Å². The van der Waals surface area contributed by atoms with Gasteiger partial charge in [-0.3, -0.25) is 4.79 Å². The number of anilines is 2. The van der Waals surface area contributed by atoms with E-state index < -0.39 is 5.82 Å². The molecule has 43 heavy (non-hydrogen) atoms. The number of carbonyl (C=O) groups excluding carboxylic acids is 1. The lowest BCUT2D eigenvalue weighted by Gasteiger charge is -2.11. The third kappa shape index (κ3) is 5.45. The number of hydrogen-bond acceptors (Lipinski definition) is 8. The molecule has 0 atom stereocenters. The van der Waals surface area contributed by atoms with E-state index in [1.54, 1.807) is 56.0 Å². The van der Waals surface area contributed by atoms with Gasteiger partial charge < -0.3 is 20.4 Å². The fraction of sp³-hybridized carbons (Fsp3) is 0.0938. The van der Waals surface area contributed by atoms with Crippen LogP contribution in [0.5, 0.6) is 11.8 Å². The normalized spacial score (nSPS) is 11.1. The smallest absolute Gasteiger partial charge is 0.322 e. The number of nitrogens with one attached hydrogen (secondary N) is 1. The van der Waals surface area contributed by atoms with E-state index in [0.717, 1.165) is 32.8 Å². The summed E-state index contributed by atoms with van der Waals surface area (Å²) in [6, 6.07) is 14.0. The number of nitrogen functional groups attached to an aromatic ring is 1. The maximum atomic E-state index is 15.8. The molecule has 0 aliphatic rings. The number of benzene rings is 2. The van der Waals surface area contributed by atoms with Crippen LogP contribution in [0.25, 0.3) is 42.9 Å². The van der Waals surface area contributed by atoms with Gasteiger partial charge in [0.2, 0.25) is 0 Å². The molecule has 0 aliphatic heterocycles. The summed E-state index contributed by atoms with van der Waals surface area (Å²) >= 11 is 1.40. The number of hydrogen-bond donors (Lipinski definition) is 2. The van der Waals surface area contributed by atoms with Crippen molar-refractivity contribution >= 4 is 38.8 Å². The molecule has 1 amide bonds. The minimum atomic E-state index is -0.505. The third-order valence-corrected chi connectivity index (χ3v) is 7.96. The van der Waals surface area contributed by atoms with Gasteiger partial charge in [0.15, 0.2) is 0 Å². The Bertz CT molecular complexity index is 2030. The number of pyridine rings is 1. The molecular formula is C32H26FN7O2S. The minimum absolute atomic E-state index is 0.240. The molecule has 0 bridgehead atoms. The molecule has 0 spiro atoms. The van der Waals surface area contributed by atoms with E-state index in [0.29, 0.717) is 38.7 Å². The van der Waals surface area contributed by atoms with Crippen LogP contribution in [0.4, 0.5) is 15.9 Å². The second-order valence-electron chi connectivity index (χ2n) is 10.0. The van der Waals surface area contributed by atoms with E-state index in [2.05, 4.69) is 31.8 Å². The van der Waals surface area contributed by atoms with Crippen molar-refractivity contribution in [3.63, 3.8) is 0 Å². The Labute approximate surface area is 250 Å². The average Bonchev–Trinajstić information content (AvgIpc) is 3.58. The molecule has 0 saturated carbocycles. The Morgan fingerprint density at radius 2 is 1.88 bits per heavy atom. The number of rotatable bonds is 7. The molecule has 6 aromatic rings. The van der Waals surface area contributed by atoms with Crippen molar-refractivity contribution in [2.45, 2.75) is 13.8 Å². The molecule has 0 fully saturated rings. The number of nitrogens with zero attached hydrogens (tertiary/aromatic N) is 5. The van der Waals surface area contributed by atoms with Crippen molar-refractivity contribution in [3.05, 3.63) is 97.1 Å². The SMILES string of the molecule is C=C(C)C(=O)Nc1ccc(-c2sc3c(-c4cn(C)cn4)cnc(N)c3c2-c2ccc(Oc3nccc(C)n3)cc2)c(F)c1. The van der Waals surface area contributed by atoms with Crippen LogP contribution in [-0.4, -0.2) is 30.4 Å². The Morgan fingerprint density at radius 1 is 1.09 bits per heavy atom. The molecule has 4 aromatic heterocycles. The molecule has 0 aliphatic carbocycles. The van der Waals surface area contributed by atoms with E-state index in [9.17, 15) is 4.79 Å². The summed E-state index contributed by atoms with van der Waals surface area (Å²) in [5, 5.41) is 3.36. The lowest BCUT2D eigenvalue weighted by atomic mass is 9.97. The Balaban J connectivity index is 1.51.